The van der Waals surface area contributed by atoms with Crippen LogP contribution in [0.5, 0.6) is 0 Å². The van der Waals surface area contributed by atoms with E-state index in [0.29, 0.717) is 5.92 Å². The molecule has 0 saturated heterocycles. The molecule has 0 spiro atoms. The van der Waals surface area contributed by atoms with Crippen LogP contribution in [-0.4, -0.2) is 13.9 Å². The van der Waals surface area contributed by atoms with Crippen molar-refractivity contribution in [3.8, 4) is 6.07 Å². The fraction of sp³-hybridized carbons (Fsp3) is 0.938. The molecule has 0 amide bonds. The van der Waals surface area contributed by atoms with Gasteiger partial charge in [-0.05, 0) is 36.9 Å². The molecule has 1 fully saturated rings. The Bertz CT molecular complexity index is 375. The maximum Gasteiger partial charge on any atom is 0.194 e. The van der Waals surface area contributed by atoms with E-state index in [0.717, 1.165) is 12.8 Å². The van der Waals surface area contributed by atoms with Gasteiger partial charge in [-0.15, -0.1) is 0 Å². The molecule has 110 valence electrons. The Balaban J connectivity index is 3.21. The number of rotatable bonds is 2. The van der Waals surface area contributed by atoms with Gasteiger partial charge in [-0.25, -0.2) is 0 Å². The van der Waals surface area contributed by atoms with Crippen molar-refractivity contribution in [3.63, 3.8) is 0 Å². The fourth-order valence-corrected chi connectivity index (χ4v) is 4.62. The Labute approximate surface area is 120 Å². The van der Waals surface area contributed by atoms with Crippen molar-refractivity contribution in [3.05, 3.63) is 0 Å². The summed E-state index contributed by atoms with van der Waals surface area (Å²) in [5.41, 5.74) is -0.677. The molecule has 19 heavy (non-hydrogen) atoms. The van der Waals surface area contributed by atoms with Crippen LogP contribution in [-0.2, 0) is 4.43 Å². The molecule has 0 unspecified atom stereocenters. The van der Waals surface area contributed by atoms with Gasteiger partial charge in [-0.1, -0.05) is 48.0 Å². The third-order valence-electron chi connectivity index (χ3n) is 5.53. The largest absolute Gasteiger partial charge is 0.398 e. The van der Waals surface area contributed by atoms with Crippen LogP contribution >= 0.6 is 0 Å². The fourth-order valence-electron chi connectivity index (χ4n) is 2.98. The van der Waals surface area contributed by atoms with Crippen molar-refractivity contribution >= 4 is 8.32 Å². The smallest absolute Gasteiger partial charge is 0.194 e. The van der Waals surface area contributed by atoms with E-state index in [-0.39, 0.29) is 10.5 Å². The highest BCUT2D eigenvalue weighted by Gasteiger charge is 2.56. The van der Waals surface area contributed by atoms with E-state index >= 15 is 0 Å². The lowest BCUT2D eigenvalue weighted by molar-refractivity contribution is -0.0763. The molecule has 0 aliphatic heterocycles. The quantitative estimate of drug-likeness (QED) is 0.658. The summed E-state index contributed by atoms with van der Waals surface area (Å²) in [5.74, 6) is 0.315. The summed E-state index contributed by atoms with van der Waals surface area (Å²) in [7, 11) is -1.94. The SMILES string of the molecule is C[C@H]1CCCC(C)(C)[C@@]1(C#N)O[Si](C)(C)C(C)(C)C. The standard InChI is InChI=1S/C16H31NOSi/c1-13-10-9-11-15(5,6)16(13,12-17)18-19(7,8)14(2,3)4/h13H,9-11H2,1-8H3/t13-,16-/m0/s1. The molecular weight excluding hydrogens is 250 g/mol. The van der Waals surface area contributed by atoms with Crippen LogP contribution in [0.4, 0.5) is 0 Å². The lowest BCUT2D eigenvalue weighted by Gasteiger charge is -2.54. The Morgan fingerprint density at radius 2 is 1.79 bits per heavy atom. The molecule has 0 aromatic carbocycles. The van der Waals surface area contributed by atoms with Crippen LogP contribution in [0.15, 0.2) is 0 Å². The molecule has 1 rings (SSSR count). The van der Waals surface area contributed by atoms with E-state index in [1.807, 2.05) is 0 Å². The van der Waals surface area contributed by atoms with E-state index in [1.54, 1.807) is 0 Å². The molecule has 0 aromatic rings. The zero-order valence-corrected chi connectivity index (χ0v) is 15.1. The van der Waals surface area contributed by atoms with E-state index in [9.17, 15) is 5.26 Å². The molecule has 1 saturated carbocycles. The van der Waals surface area contributed by atoms with Crippen LogP contribution < -0.4 is 0 Å². The summed E-state index contributed by atoms with van der Waals surface area (Å²) in [5, 5.41) is 10.1. The lowest BCUT2D eigenvalue weighted by atomic mass is 9.61. The zero-order chi connectivity index (χ0) is 15.1. The number of hydrogen-bond acceptors (Lipinski definition) is 2. The highest BCUT2D eigenvalue weighted by Crippen LogP contribution is 2.52. The first-order chi connectivity index (χ1) is 8.40. The molecule has 1 aliphatic rings. The summed E-state index contributed by atoms with van der Waals surface area (Å²) >= 11 is 0. The average molecular weight is 282 g/mol. The van der Waals surface area contributed by atoms with Crippen LogP contribution in [0.25, 0.3) is 0 Å². The second-order valence-electron chi connectivity index (χ2n) is 8.39. The summed E-state index contributed by atoms with van der Waals surface area (Å²) in [6, 6.07) is 2.60. The summed E-state index contributed by atoms with van der Waals surface area (Å²) in [6.07, 6.45) is 3.39. The first kappa shape index (κ1) is 16.7. The van der Waals surface area contributed by atoms with Crippen molar-refractivity contribution < 1.29 is 4.43 Å². The van der Waals surface area contributed by atoms with Gasteiger partial charge in [0.1, 0.15) is 0 Å². The van der Waals surface area contributed by atoms with Crippen molar-refractivity contribution in [1.82, 2.24) is 0 Å². The van der Waals surface area contributed by atoms with E-state index in [4.69, 9.17) is 4.43 Å². The van der Waals surface area contributed by atoms with Crippen LogP contribution in [0, 0.1) is 22.7 Å². The van der Waals surface area contributed by atoms with E-state index < -0.39 is 13.9 Å². The molecule has 3 heteroatoms. The van der Waals surface area contributed by atoms with Gasteiger partial charge in [0.15, 0.2) is 13.9 Å². The minimum Gasteiger partial charge on any atom is -0.398 e. The van der Waals surface area contributed by atoms with Crippen molar-refractivity contribution in [2.45, 2.75) is 84.5 Å². The molecule has 0 bridgehead atoms. The first-order valence-corrected chi connectivity index (χ1v) is 10.4. The van der Waals surface area contributed by atoms with Gasteiger partial charge < -0.3 is 4.43 Å². The predicted octanol–water partition coefficient (Wildman–Crippen LogP) is 5.12. The minimum atomic E-state index is -1.94. The molecule has 0 heterocycles. The normalized spacial score (nSPS) is 31.8. The second-order valence-corrected chi connectivity index (χ2v) is 13.1. The summed E-state index contributed by atoms with van der Waals surface area (Å²) in [6.45, 7) is 17.8. The monoisotopic (exact) mass is 281 g/mol. The summed E-state index contributed by atoms with van der Waals surface area (Å²) in [4.78, 5) is 0. The van der Waals surface area contributed by atoms with E-state index in [1.165, 1.54) is 6.42 Å². The van der Waals surface area contributed by atoms with E-state index in [2.05, 4.69) is 60.7 Å². The van der Waals surface area contributed by atoms with Gasteiger partial charge in [0.2, 0.25) is 0 Å². The van der Waals surface area contributed by atoms with Gasteiger partial charge in [0.25, 0.3) is 0 Å². The predicted molar refractivity (Wildman–Crippen MR) is 83.4 cm³/mol. The molecule has 0 aromatic heterocycles. The number of nitrogens with zero attached hydrogens (tertiary/aromatic N) is 1. The topological polar surface area (TPSA) is 33.0 Å². The highest BCUT2D eigenvalue weighted by molar-refractivity contribution is 6.74. The van der Waals surface area contributed by atoms with Crippen molar-refractivity contribution in [2.75, 3.05) is 0 Å². The van der Waals surface area contributed by atoms with Gasteiger partial charge in [-0.3, -0.25) is 0 Å². The second kappa shape index (κ2) is 4.89. The molecule has 2 nitrogen and oxygen atoms in total. The molecule has 2 atom stereocenters. The Morgan fingerprint density at radius 3 is 2.16 bits per heavy atom. The molecule has 0 N–H and O–H groups in total. The third kappa shape index (κ3) is 2.76. The first-order valence-electron chi connectivity index (χ1n) is 7.51. The maximum atomic E-state index is 9.92. The van der Waals surface area contributed by atoms with Gasteiger partial charge in [0, 0.05) is 5.41 Å². The minimum absolute atomic E-state index is 0.0606. The van der Waals surface area contributed by atoms with Crippen LogP contribution in [0.2, 0.25) is 18.1 Å². The molecular formula is C16H31NOSi. The Morgan fingerprint density at radius 1 is 1.26 bits per heavy atom. The Kier molecular flexibility index (Phi) is 4.31. The summed E-state index contributed by atoms with van der Waals surface area (Å²) < 4.78 is 6.69. The average Bonchev–Trinajstić information content (AvgIpc) is 2.21. The van der Waals surface area contributed by atoms with Gasteiger partial charge in [0.05, 0.1) is 6.07 Å². The van der Waals surface area contributed by atoms with Crippen molar-refractivity contribution in [1.29, 1.82) is 5.26 Å². The lowest BCUT2D eigenvalue weighted by Crippen LogP contribution is -2.60. The third-order valence-corrected chi connectivity index (χ3v) is 9.97. The van der Waals surface area contributed by atoms with Crippen LogP contribution in [0.1, 0.15) is 60.8 Å². The highest BCUT2D eigenvalue weighted by atomic mass is 28.4. The van der Waals surface area contributed by atoms with Gasteiger partial charge >= 0.3 is 0 Å². The number of nitriles is 1. The zero-order valence-electron chi connectivity index (χ0n) is 14.1. The van der Waals surface area contributed by atoms with Crippen molar-refractivity contribution in [2.24, 2.45) is 11.3 Å². The maximum absolute atomic E-state index is 9.92. The van der Waals surface area contributed by atoms with Crippen LogP contribution in [0.3, 0.4) is 0 Å². The number of hydrogen-bond donors (Lipinski definition) is 0. The Hall–Kier alpha value is -0.333. The molecule has 0 radical (unpaired) electrons. The molecule has 1 aliphatic carbocycles. The van der Waals surface area contributed by atoms with Gasteiger partial charge in [-0.2, -0.15) is 5.26 Å².